The monoisotopic (exact) mass is 234 g/mol. The first kappa shape index (κ1) is 11.2. The fourth-order valence-corrected chi connectivity index (χ4v) is 2.02. The van der Waals surface area contributed by atoms with Crippen LogP contribution in [0.3, 0.4) is 0 Å². The quantitative estimate of drug-likeness (QED) is 0.805. The zero-order valence-corrected chi connectivity index (χ0v) is 10.00. The molecule has 0 amide bonds. The van der Waals surface area contributed by atoms with Crippen molar-refractivity contribution < 1.29 is 0 Å². The molecule has 4 nitrogen and oxygen atoms in total. The number of nitrogens with one attached hydrogen (secondary N) is 1. The van der Waals surface area contributed by atoms with Crippen LogP contribution in [0.1, 0.15) is 18.2 Å². The highest BCUT2D eigenvalue weighted by Crippen LogP contribution is 2.21. The minimum Gasteiger partial charge on any atom is -0.312 e. The van der Waals surface area contributed by atoms with Crippen LogP contribution >= 0.6 is 11.5 Å². The third-order valence-corrected chi connectivity index (χ3v) is 2.90. The first-order chi connectivity index (χ1) is 7.92. The summed E-state index contributed by atoms with van der Waals surface area (Å²) in [6.45, 7) is 3.98. The number of rotatable bonds is 5. The lowest BCUT2D eigenvalue weighted by Crippen LogP contribution is -2.13. The average molecular weight is 234 g/mol. The van der Waals surface area contributed by atoms with E-state index in [1.807, 2.05) is 18.2 Å². The van der Waals surface area contributed by atoms with Gasteiger partial charge in [0.1, 0.15) is 5.69 Å². The van der Waals surface area contributed by atoms with Crippen molar-refractivity contribution in [2.24, 2.45) is 0 Å². The molecule has 1 N–H and O–H groups in total. The first-order valence-corrected chi connectivity index (χ1v) is 6.12. The second-order valence-electron chi connectivity index (χ2n) is 3.44. The lowest BCUT2D eigenvalue weighted by atomic mass is 10.2. The summed E-state index contributed by atoms with van der Waals surface area (Å²) < 4.78 is 3.99. The molecule has 0 fully saturated rings. The van der Waals surface area contributed by atoms with Gasteiger partial charge in [-0.1, -0.05) is 17.5 Å². The van der Waals surface area contributed by atoms with E-state index in [9.17, 15) is 0 Å². The van der Waals surface area contributed by atoms with Crippen LogP contribution in [0.25, 0.3) is 11.4 Å². The second kappa shape index (κ2) is 5.67. The van der Waals surface area contributed by atoms with Gasteiger partial charge in [0.2, 0.25) is 0 Å². The third kappa shape index (κ3) is 2.62. The summed E-state index contributed by atoms with van der Waals surface area (Å²) in [6.07, 6.45) is 2.91. The molecule has 0 saturated carbocycles. The zero-order chi connectivity index (χ0) is 11.2. The van der Waals surface area contributed by atoms with E-state index < -0.39 is 0 Å². The van der Waals surface area contributed by atoms with Crippen molar-refractivity contribution in [1.29, 1.82) is 0 Å². The Labute approximate surface area is 98.9 Å². The van der Waals surface area contributed by atoms with Gasteiger partial charge in [0.15, 0.2) is 0 Å². The van der Waals surface area contributed by atoms with Crippen molar-refractivity contribution in [2.75, 3.05) is 6.54 Å². The minimum absolute atomic E-state index is 0.817. The largest absolute Gasteiger partial charge is 0.312 e. The van der Waals surface area contributed by atoms with Gasteiger partial charge in [-0.25, -0.2) is 0 Å². The third-order valence-electron chi connectivity index (χ3n) is 2.18. The van der Waals surface area contributed by atoms with Crippen molar-refractivity contribution in [3.63, 3.8) is 0 Å². The molecule has 2 rings (SSSR count). The number of pyridine rings is 1. The van der Waals surface area contributed by atoms with E-state index in [0.29, 0.717) is 0 Å². The molecule has 0 spiro atoms. The average Bonchev–Trinajstić information content (AvgIpc) is 2.79. The van der Waals surface area contributed by atoms with Crippen LogP contribution in [0.15, 0.2) is 24.4 Å². The lowest BCUT2D eigenvalue weighted by molar-refractivity contribution is 0.681. The molecule has 0 radical (unpaired) electrons. The fourth-order valence-electron chi connectivity index (χ4n) is 1.40. The van der Waals surface area contributed by atoms with Gasteiger partial charge in [-0.05, 0) is 36.6 Å². The van der Waals surface area contributed by atoms with Crippen LogP contribution in [0.4, 0.5) is 0 Å². The van der Waals surface area contributed by atoms with E-state index in [4.69, 9.17) is 0 Å². The number of nitrogens with zero attached hydrogens (tertiary/aromatic N) is 3. The van der Waals surface area contributed by atoms with Crippen molar-refractivity contribution in [1.82, 2.24) is 19.9 Å². The summed E-state index contributed by atoms with van der Waals surface area (Å²) >= 11 is 1.43. The fraction of sp³-hybridized carbons (Fsp3) is 0.364. The van der Waals surface area contributed by atoms with Gasteiger partial charge < -0.3 is 5.32 Å². The van der Waals surface area contributed by atoms with Crippen molar-refractivity contribution >= 4 is 11.5 Å². The van der Waals surface area contributed by atoms with Gasteiger partial charge >= 0.3 is 0 Å². The smallest absolute Gasteiger partial charge is 0.128 e. The van der Waals surface area contributed by atoms with E-state index >= 15 is 0 Å². The van der Waals surface area contributed by atoms with Crippen molar-refractivity contribution in [2.45, 2.75) is 19.9 Å². The van der Waals surface area contributed by atoms with Crippen molar-refractivity contribution in [3.05, 3.63) is 29.3 Å². The van der Waals surface area contributed by atoms with Gasteiger partial charge in [0.05, 0.1) is 10.6 Å². The molecule has 84 valence electrons. The number of aromatic nitrogens is 3. The molecule has 0 unspecified atom stereocenters. The summed E-state index contributed by atoms with van der Waals surface area (Å²) in [5.74, 6) is 0. The first-order valence-electron chi connectivity index (χ1n) is 5.35. The van der Waals surface area contributed by atoms with Crippen LogP contribution in [0.5, 0.6) is 0 Å². The van der Waals surface area contributed by atoms with Crippen LogP contribution < -0.4 is 5.32 Å². The predicted molar refractivity (Wildman–Crippen MR) is 65.1 cm³/mol. The van der Waals surface area contributed by atoms with Gasteiger partial charge in [0, 0.05) is 12.7 Å². The summed E-state index contributed by atoms with van der Waals surface area (Å²) in [5, 5.41) is 7.48. The van der Waals surface area contributed by atoms with E-state index in [1.165, 1.54) is 11.5 Å². The Bertz CT molecular complexity index is 427. The SMILES string of the molecule is CCCNCc1snnc1-c1ccccn1. The minimum atomic E-state index is 0.817. The molecule has 0 aliphatic carbocycles. The molecule has 5 heteroatoms. The molecule has 2 aromatic rings. The number of hydrogen-bond acceptors (Lipinski definition) is 5. The molecule has 16 heavy (non-hydrogen) atoms. The van der Waals surface area contributed by atoms with E-state index in [0.717, 1.165) is 35.8 Å². The summed E-state index contributed by atoms with van der Waals surface area (Å²) in [5.41, 5.74) is 1.79. The Hall–Kier alpha value is -1.33. The topological polar surface area (TPSA) is 50.7 Å². The molecule has 0 aliphatic rings. The van der Waals surface area contributed by atoms with Gasteiger partial charge in [-0.2, -0.15) is 0 Å². The van der Waals surface area contributed by atoms with Gasteiger partial charge in [-0.3, -0.25) is 4.98 Å². The Kier molecular flexibility index (Phi) is 3.96. The van der Waals surface area contributed by atoms with E-state index in [2.05, 4.69) is 26.8 Å². The summed E-state index contributed by atoms with van der Waals surface area (Å²) in [6, 6.07) is 5.82. The maximum Gasteiger partial charge on any atom is 0.128 e. The van der Waals surface area contributed by atoms with Gasteiger partial charge in [0.25, 0.3) is 0 Å². The van der Waals surface area contributed by atoms with E-state index in [-0.39, 0.29) is 0 Å². The molecular weight excluding hydrogens is 220 g/mol. The molecule has 2 heterocycles. The molecule has 0 aliphatic heterocycles. The zero-order valence-electron chi connectivity index (χ0n) is 9.18. The van der Waals surface area contributed by atoms with E-state index in [1.54, 1.807) is 6.20 Å². The van der Waals surface area contributed by atoms with Crippen molar-refractivity contribution in [3.8, 4) is 11.4 Å². The van der Waals surface area contributed by atoms with Crippen LogP contribution in [0.2, 0.25) is 0 Å². The molecule has 0 atom stereocenters. The maximum absolute atomic E-state index is 4.29. The second-order valence-corrected chi connectivity index (χ2v) is 4.28. The highest BCUT2D eigenvalue weighted by molar-refractivity contribution is 7.05. The van der Waals surface area contributed by atoms with Crippen LogP contribution in [0, 0.1) is 0 Å². The summed E-state index contributed by atoms with van der Waals surface area (Å²) in [4.78, 5) is 5.43. The Morgan fingerprint density at radius 2 is 2.31 bits per heavy atom. The summed E-state index contributed by atoms with van der Waals surface area (Å²) in [7, 11) is 0. The lowest BCUT2D eigenvalue weighted by Gasteiger charge is -2.01. The number of hydrogen-bond donors (Lipinski definition) is 1. The molecule has 2 aromatic heterocycles. The highest BCUT2D eigenvalue weighted by Gasteiger charge is 2.10. The Morgan fingerprint density at radius 3 is 3.06 bits per heavy atom. The normalized spacial score (nSPS) is 10.6. The molecular formula is C11H14N4S. The molecule has 0 bridgehead atoms. The maximum atomic E-state index is 4.29. The molecule has 0 aromatic carbocycles. The highest BCUT2D eigenvalue weighted by atomic mass is 32.1. The standard InChI is InChI=1S/C11H14N4S/c1-2-6-12-8-10-11(14-15-16-10)9-5-3-4-7-13-9/h3-5,7,12H,2,6,8H2,1H3. The van der Waals surface area contributed by atoms with Gasteiger partial charge in [-0.15, -0.1) is 5.10 Å². The molecule has 0 saturated heterocycles. The van der Waals surface area contributed by atoms with Crippen LogP contribution in [-0.4, -0.2) is 21.1 Å². The predicted octanol–water partition coefficient (Wildman–Crippen LogP) is 2.10. The Balaban J connectivity index is 2.13. The van der Waals surface area contributed by atoms with Crippen LogP contribution in [-0.2, 0) is 6.54 Å². The Morgan fingerprint density at radius 1 is 1.38 bits per heavy atom.